The van der Waals surface area contributed by atoms with Crippen LogP contribution in [0.15, 0.2) is 18.2 Å². The van der Waals surface area contributed by atoms with Crippen molar-refractivity contribution in [2.75, 3.05) is 0 Å². The predicted octanol–water partition coefficient (Wildman–Crippen LogP) is 2.79. The highest BCUT2D eigenvalue weighted by atomic mass is 35.5. The number of rotatable bonds is 1. The number of Topliss-reactive ketones (excluding diaryl/α,β-unsaturated/α-hetero) is 1. The van der Waals surface area contributed by atoms with Crippen molar-refractivity contribution in [2.24, 2.45) is 0 Å². The fourth-order valence-corrected chi connectivity index (χ4v) is 0.935. The molecule has 0 fully saturated rings. The molecule has 0 atom stereocenters. The molecule has 1 aromatic carbocycles. The highest BCUT2D eigenvalue weighted by Crippen LogP contribution is 2.27. The maximum atomic E-state index is 11.9. The first-order valence-corrected chi connectivity index (χ1v) is 3.80. The Bertz CT molecular complexity index is 373. The molecule has 76 valence electrons. The molecule has 0 aromatic heterocycles. The number of carbonyl (C=O) groups excluding carboxylic acids is 1. The Morgan fingerprint density at radius 3 is 2.36 bits per heavy atom. The maximum absolute atomic E-state index is 11.9. The Hall–Kier alpha value is -1.23. The van der Waals surface area contributed by atoms with Crippen molar-refractivity contribution in [1.29, 1.82) is 0 Å². The zero-order valence-corrected chi connectivity index (χ0v) is 7.36. The van der Waals surface area contributed by atoms with E-state index in [1.165, 1.54) is 0 Å². The van der Waals surface area contributed by atoms with E-state index in [0.29, 0.717) is 6.07 Å². The number of alkyl halides is 3. The second kappa shape index (κ2) is 3.49. The van der Waals surface area contributed by atoms with Crippen LogP contribution >= 0.6 is 11.6 Å². The standard InChI is InChI=1S/C8H4ClF3O2/c9-5-2-1-4(3-6(5)13)7(14)8(10,11)12/h1-3,13H. The van der Waals surface area contributed by atoms with Gasteiger partial charge in [-0.2, -0.15) is 13.2 Å². The number of ketones is 1. The van der Waals surface area contributed by atoms with Gasteiger partial charge in [0.15, 0.2) is 0 Å². The smallest absolute Gasteiger partial charge is 0.454 e. The molecule has 0 aliphatic rings. The molecule has 0 aliphatic carbocycles. The summed E-state index contributed by atoms with van der Waals surface area (Å²) in [4.78, 5) is 10.7. The van der Waals surface area contributed by atoms with Crippen LogP contribution in [0.1, 0.15) is 10.4 Å². The normalized spacial score (nSPS) is 11.4. The Kier molecular flexibility index (Phi) is 2.71. The fourth-order valence-electron chi connectivity index (χ4n) is 0.818. The summed E-state index contributed by atoms with van der Waals surface area (Å²) in [5, 5.41) is 8.86. The van der Waals surface area contributed by atoms with Gasteiger partial charge in [-0.05, 0) is 18.2 Å². The largest absolute Gasteiger partial charge is 0.506 e. The van der Waals surface area contributed by atoms with E-state index in [1.54, 1.807) is 0 Å². The van der Waals surface area contributed by atoms with Crippen molar-refractivity contribution in [2.45, 2.75) is 6.18 Å². The molecule has 0 heterocycles. The first-order valence-electron chi connectivity index (χ1n) is 3.42. The van der Waals surface area contributed by atoms with E-state index in [9.17, 15) is 18.0 Å². The summed E-state index contributed by atoms with van der Waals surface area (Å²) in [5.41, 5.74) is -0.639. The zero-order valence-electron chi connectivity index (χ0n) is 6.60. The number of hydrogen-bond acceptors (Lipinski definition) is 2. The zero-order chi connectivity index (χ0) is 10.9. The van der Waals surface area contributed by atoms with E-state index < -0.39 is 23.3 Å². The van der Waals surface area contributed by atoms with Gasteiger partial charge in [-0.1, -0.05) is 11.6 Å². The van der Waals surface area contributed by atoms with E-state index >= 15 is 0 Å². The van der Waals surface area contributed by atoms with Crippen molar-refractivity contribution >= 4 is 17.4 Å². The Balaban J connectivity index is 3.10. The molecule has 1 aromatic rings. The molecule has 0 radical (unpaired) electrons. The maximum Gasteiger partial charge on any atom is 0.454 e. The van der Waals surface area contributed by atoms with Gasteiger partial charge in [0, 0.05) is 5.56 Å². The minimum atomic E-state index is -4.94. The Morgan fingerprint density at radius 2 is 1.93 bits per heavy atom. The van der Waals surface area contributed by atoms with Gasteiger partial charge in [0.2, 0.25) is 0 Å². The summed E-state index contributed by atoms with van der Waals surface area (Å²) in [6.45, 7) is 0. The van der Waals surface area contributed by atoms with Crippen LogP contribution in [-0.2, 0) is 0 Å². The molecule has 0 bridgehead atoms. The van der Waals surface area contributed by atoms with Gasteiger partial charge in [0.25, 0.3) is 5.78 Å². The van der Waals surface area contributed by atoms with Gasteiger partial charge < -0.3 is 5.11 Å². The highest BCUT2D eigenvalue weighted by molar-refractivity contribution is 6.32. The van der Waals surface area contributed by atoms with E-state index in [0.717, 1.165) is 12.1 Å². The molecule has 0 saturated carbocycles. The lowest BCUT2D eigenvalue weighted by Crippen LogP contribution is -2.22. The average molecular weight is 225 g/mol. The Morgan fingerprint density at radius 1 is 1.36 bits per heavy atom. The lowest BCUT2D eigenvalue weighted by molar-refractivity contribution is -0.0885. The van der Waals surface area contributed by atoms with Crippen LogP contribution in [-0.4, -0.2) is 17.1 Å². The van der Waals surface area contributed by atoms with Crippen LogP contribution in [0.4, 0.5) is 13.2 Å². The summed E-state index contributed by atoms with van der Waals surface area (Å²) in [6, 6.07) is 2.60. The molecule has 2 nitrogen and oxygen atoms in total. The van der Waals surface area contributed by atoms with E-state index in [1.807, 2.05) is 0 Å². The number of phenols is 1. The number of benzene rings is 1. The monoisotopic (exact) mass is 224 g/mol. The molecule has 0 spiro atoms. The molecule has 1 rings (SSSR count). The van der Waals surface area contributed by atoms with Crippen molar-refractivity contribution in [3.63, 3.8) is 0 Å². The first kappa shape index (κ1) is 10.8. The van der Waals surface area contributed by atoms with Crippen molar-refractivity contribution in [1.82, 2.24) is 0 Å². The van der Waals surface area contributed by atoms with Gasteiger partial charge in [0.05, 0.1) is 5.02 Å². The molecular weight excluding hydrogens is 221 g/mol. The van der Waals surface area contributed by atoms with Gasteiger partial charge >= 0.3 is 6.18 Å². The number of carbonyl (C=O) groups is 1. The predicted molar refractivity (Wildman–Crippen MR) is 43.5 cm³/mol. The van der Waals surface area contributed by atoms with Crippen LogP contribution in [0.3, 0.4) is 0 Å². The molecular formula is C8H4ClF3O2. The molecule has 0 saturated heterocycles. The topological polar surface area (TPSA) is 37.3 Å². The third-order valence-electron chi connectivity index (χ3n) is 1.47. The summed E-state index contributed by atoms with van der Waals surface area (Å²) in [7, 11) is 0. The number of aromatic hydroxyl groups is 1. The molecule has 0 aliphatic heterocycles. The van der Waals surface area contributed by atoms with Crippen LogP contribution < -0.4 is 0 Å². The third-order valence-corrected chi connectivity index (χ3v) is 1.79. The van der Waals surface area contributed by atoms with E-state index in [2.05, 4.69) is 0 Å². The van der Waals surface area contributed by atoms with Crippen LogP contribution in [0, 0.1) is 0 Å². The van der Waals surface area contributed by atoms with Gasteiger partial charge in [-0.15, -0.1) is 0 Å². The van der Waals surface area contributed by atoms with Crippen molar-refractivity contribution < 1.29 is 23.1 Å². The quantitative estimate of drug-likeness (QED) is 0.745. The molecule has 1 N–H and O–H groups in total. The summed E-state index contributed by atoms with van der Waals surface area (Å²) in [5.74, 6) is -2.56. The van der Waals surface area contributed by atoms with Gasteiger partial charge in [-0.3, -0.25) is 4.79 Å². The Labute approximate surface area is 81.9 Å². The minimum Gasteiger partial charge on any atom is -0.506 e. The average Bonchev–Trinajstić information content (AvgIpc) is 2.07. The summed E-state index contributed by atoms with van der Waals surface area (Å²) >= 11 is 5.36. The SMILES string of the molecule is O=C(c1ccc(Cl)c(O)c1)C(F)(F)F. The number of phenolic OH excluding ortho intramolecular Hbond substituents is 1. The first-order chi connectivity index (χ1) is 6.32. The minimum absolute atomic E-state index is 0.108. The van der Waals surface area contributed by atoms with Crippen LogP contribution in [0.25, 0.3) is 0 Å². The lowest BCUT2D eigenvalue weighted by Gasteiger charge is -2.05. The second-order valence-electron chi connectivity index (χ2n) is 2.49. The van der Waals surface area contributed by atoms with E-state index in [-0.39, 0.29) is 5.02 Å². The molecule has 0 unspecified atom stereocenters. The molecule has 14 heavy (non-hydrogen) atoms. The van der Waals surface area contributed by atoms with E-state index in [4.69, 9.17) is 16.7 Å². The molecule has 6 heteroatoms. The number of hydrogen-bond donors (Lipinski definition) is 1. The molecule has 0 amide bonds. The third kappa shape index (κ3) is 2.17. The summed E-state index contributed by atoms with van der Waals surface area (Å²) < 4.78 is 35.7. The van der Waals surface area contributed by atoms with Crippen LogP contribution in [0.5, 0.6) is 5.75 Å². The fraction of sp³-hybridized carbons (Fsp3) is 0.125. The van der Waals surface area contributed by atoms with Crippen LogP contribution in [0.2, 0.25) is 5.02 Å². The second-order valence-corrected chi connectivity index (χ2v) is 2.90. The van der Waals surface area contributed by atoms with Gasteiger partial charge in [-0.25, -0.2) is 0 Å². The van der Waals surface area contributed by atoms with Crippen molar-refractivity contribution in [3.8, 4) is 5.75 Å². The number of halogens is 4. The summed E-state index contributed by atoms with van der Waals surface area (Å²) in [6.07, 6.45) is -4.94. The van der Waals surface area contributed by atoms with Crippen molar-refractivity contribution in [3.05, 3.63) is 28.8 Å². The van der Waals surface area contributed by atoms with Gasteiger partial charge in [0.1, 0.15) is 5.75 Å². The lowest BCUT2D eigenvalue weighted by atomic mass is 10.1. The highest BCUT2D eigenvalue weighted by Gasteiger charge is 2.39.